The van der Waals surface area contributed by atoms with E-state index in [2.05, 4.69) is 0 Å². The number of carboxylic acid groups (broad SMARTS) is 1. The first-order valence-electron chi connectivity index (χ1n) is 9.28. The largest absolute Gasteiger partial charge is 0.475 e. The lowest BCUT2D eigenvalue weighted by Crippen LogP contribution is -2.54. The SMILES string of the molecule is NC(=O)C1CCCC2c3cccc(C(=O)C(=O)O)c3N(Cc3ccccc3)N12. The van der Waals surface area contributed by atoms with Gasteiger partial charge in [-0.05, 0) is 36.5 Å². The number of rotatable bonds is 5. The van der Waals surface area contributed by atoms with Crippen LogP contribution in [0.1, 0.15) is 46.8 Å². The summed E-state index contributed by atoms with van der Waals surface area (Å²) in [5.41, 5.74) is 8.25. The standard InChI is InChI=1S/C21H21N3O4/c22-20(26)17-11-5-10-16-14-8-4-9-15(19(25)21(27)28)18(14)23(24(16)17)12-13-6-2-1-3-7-13/h1-4,6-9,16-17H,5,10-12H2,(H2,22,26)(H,27,28). The number of carbonyl (C=O) groups is 3. The maximum atomic E-state index is 12.4. The average Bonchev–Trinajstić information content (AvgIpc) is 3.02. The normalized spacial score (nSPS) is 21.1. The minimum atomic E-state index is -1.50. The number of primary amides is 1. The van der Waals surface area contributed by atoms with Gasteiger partial charge in [-0.25, -0.2) is 9.80 Å². The Labute approximate surface area is 162 Å². The second kappa shape index (κ2) is 7.09. The number of nitrogens with zero attached hydrogens (tertiary/aromatic N) is 2. The summed E-state index contributed by atoms with van der Waals surface area (Å²) in [5.74, 6) is -2.86. The number of hydrogen-bond acceptors (Lipinski definition) is 5. The van der Waals surface area contributed by atoms with Crippen molar-refractivity contribution in [3.05, 3.63) is 65.2 Å². The first-order chi connectivity index (χ1) is 13.5. The molecule has 2 atom stereocenters. The highest BCUT2D eigenvalue weighted by atomic mass is 16.4. The van der Waals surface area contributed by atoms with E-state index in [1.54, 1.807) is 6.07 Å². The zero-order chi connectivity index (χ0) is 19.8. The molecule has 1 saturated heterocycles. The minimum absolute atomic E-state index is 0.105. The fraction of sp³-hybridized carbons (Fsp3) is 0.286. The molecule has 2 aromatic rings. The Balaban J connectivity index is 1.87. The molecule has 2 heterocycles. The average molecular weight is 379 g/mol. The van der Waals surface area contributed by atoms with Gasteiger partial charge in [0.2, 0.25) is 5.91 Å². The number of benzene rings is 2. The van der Waals surface area contributed by atoms with Gasteiger partial charge in [-0.2, -0.15) is 0 Å². The Morgan fingerprint density at radius 2 is 1.79 bits per heavy atom. The molecular weight excluding hydrogens is 358 g/mol. The van der Waals surface area contributed by atoms with Crippen LogP contribution in [0.5, 0.6) is 0 Å². The number of piperidine rings is 1. The lowest BCUT2D eigenvalue weighted by Gasteiger charge is -2.42. The molecule has 2 aliphatic heterocycles. The number of carbonyl (C=O) groups excluding carboxylic acids is 2. The third-order valence-corrected chi connectivity index (χ3v) is 5.50. The number of amides is 1. The molecule has 0 saturated carbocycles. The molecule has 0 aliphatic carbocycles. The molecule has 0 radical (unpaired) electrons. The van der Waals surface area contributed by atoms with Gasteiger partial charge in [0.15, 0.2) is 0 Å². The third-order valence-electron chi connectivity index (χ3n) is 5.50. The highest BCUT2D eigenvalue weighted by molar-refractivity contribution is 6.41. The van der Waals surface area contributed by atoms with E-state index >= 15 is 0 Å². The second-order valence-electron chi connectivity index (χ2n) is 7.17. The molecule has 2 unspecified atom stereocenters. The van der Waals surface area contributed by atoms with Crippen LogP contribution in [0.15, 0.2) is 48.5 Å². The minimum Gasteiger partial charge on any atom is -0.475 e. The topological polar surface area (TPSA) is 104 Å². The number of Topliss-reactive ketones (excluding diaryl/α,β-unsaturated/α-hetero) is 1. The number of aliphatic carboxylic acids is 1. The number of nitrogens with two attached hydrogens (primary N) is 1. The predicted molar refractivity (Wildman–Crippen MR) is 102 cm³/mol. The van der Waals surface area contributed by atoms with E-state index in [4.69, 9.17) is 5.73 Å². The highest BCUT2D eigenvalue weighted by Gasteiger charge is 2.46. The van der Waals surface area contributed by atoms with Crippen molar-refractivity contribution in [1.29, 1.82) is 0 Å². The first kappa shape index (κ1) is 18.2. The second-order valence-corrected chi connectivity index (χ2v) is 7.17. The number of para-hydroxylation sites is 1. The van der Waals surface area contributed by atoms with Crippen LogP contribution >= 0.6 is 0 Å². The summed E-state index contributed by atoms with van der Waals surface area (Å²) < 4.78 is 0. The molecule has 2 aromatic carbocycles. The molecule has 1 amide bonds. The summed E-state index contributed by atoms with van der Waals surface area (Å²) in [7, 11) is 0. The first-order valence-corrected chi connectivity index (χ1v) is 9.28. The Morgan fingerprint density at radius 1 is 1.04 bits per heavy atom. The van der Waals surface area contributed by atoms with Gasteiger partial charge in [-0.15, -0.1) is 0 Å². The zero-order valence-electron chi connectivity index (χ0n) is 15.2. The van der Waals surface area contributed by atoms with E-state index in [1.807, 2.05) is 46.4 Å². The van der Waals surface area contributed by atoms with Crippen molar-refractivity contribution in [3.63, 3.8) is 0 Å². The van der Waals surface area contributed by atoms with Gasteiger partial charge in [-0.3, -0.25) is 14.6 Å². The summed E-state index contributed by atoms with van der Waals surface area (Å²) in [6.07, 6.45) is 2.28. The van der Waals surface area contributed by atoms with Crippen molar-refractivity contribution in [1.82, 2.24) is 5.01 Å². The third kappa shape index (κ3) is 2.93. The monoisotopic (exact) mass is 379 g/mol. The van der Waals surface area contributed by atoms with Gasteiger partial charge < -0.3 is 10.8 Å². The number of hydrazine groups is 1. The summed E-state index contributed by atoms with van der Waals surface area (Å²) in [4.78, 5) is 35.9. The molecule has 0 aromatic heterocycles. The van der Waals surface area contributed by atoms with Crippen molar-refractivity contribution >= 4 is 23.3 Å². The van der Waals surface area contributed by atoms with E-state index in [-0.39, 0.29) is 11.6 Å². The van der Waals surface area contributed by atoms with E-state index in [0.29, 0.717) is 18.7 Å². The maximum Gasteiger partial charge on any atom is 0.377 e. The lowest BCUT2D eigenvalue weighted by molar-refractivity contribution is -0.131. The van der Waals surface area contributed by atoms with Crippen LogP contribution in [0.3, 0.4) is 0 Å². The van der Waals surface area contributed by atoms with Crippen LogP contribution in [-0.4, -0.2) is 33.8 Å². The molecule has 3 N–H and O–H groups in total. The lowest BCUT2D eigenvalue weighted by atomic mass is 9.92. The van der Waals surface area contributed by atoms with E-state index < -0.39 is 23.7 Å². The fourth-order valence-electron chi connectivity index (χ4n) is 4.34. The number of ketones is 1. The van der Waals surface area contributed by atoms with Crippen molar-refractivity contribution in [3.8, 4) is 0 Å². The molecule has 28 heavy (non-hydrogen) atoms. The molecule has 4 rings (SSSR count). The van der Waals surface area contributed by atoms with Gasteiger partial charge in [0.05, 0.1) is 23.8 Å². The Kier molecular flexibility index (Phi) is 4.60. The van der Waals surface area contributed by atoms with Gasteiger partial charge >= 0.3 is 5.97 Å². The number of anilines is 1. The molecule has 1 fully saturated rings. The van der Waals surface area contributed by atoms with Gasteiger partial charge in [0.25, 0.3) is 5.78 Å². The van der Waals surface area contributed by atoms with Gasteiger partial charge in [0.1, 0.15) is 6.04 Å². The Hall–Kier alpha value is -3.19. The number of carboxylic acids is 1. The van der Waals surface area contributed by atoms with E-state index in [9.17, 15) is 19.5 Å². The summed E-state index contributed by atoms with van der Waals surface area (Å²) in [5, 5.41) is 13.1. The van der Waals surface area contributed by atoms with Crippen LogP contribution in [0.25, 0.3) is 0 Å². The van der Waals surface area contributed by atoms with Crippen LogP contribution in [0.4, 0.5) is 5.69 Å². The molecule has 7 nitrogen and oxygen atoms in total. The van der Waals surface area contributed by atoms with Crippen molar-refractivity contribution in [2.24, 2.45) is 5.73 Å². The Morgan fingerprint density at radius 3 is 2.46 bits per heavy atom. The van der Waals surface area contributed by atoms with Crippen LogP contribution in [-0.2, 0) is 16.1 Å². The van der Waals surface area contributed by atoms with Gasteiger partial charge in [-0.1, -0.05) is 42.5 Å². The molecule has 0 spiro atoms. The molecular formula is C21H21N3O4. The quantitative estimate of drug-likeness (QED) is 0.610. The highest BCUT2D eigenvalue weighted by Crippen LogP contribution is 2.49. The van der Waals surface area contributed by atoms with Crippen LogP contribution in [0.2, 0.25) is 0 Å². The summed E-state index contributed by atoms with van der Waals surface area (Å²) in [6, 6.07) is 14.2. The Bertz CT molecular complexity index is 944. The van der Waals surface area contributed by atoms with Crippen molar-refractivity contribution in [2.75, 3.05) is 5.01 Å². The van der Waals surface area contributed by atoms with E-state index in [1.165, 1.54) is 6.07 Å². The predicted octanol–water partition coefficient (Wildman–Crippen LogP) is 2.27. The summed E-state index contributed by atoms with van der Waals surface area (Å²) in [6.45, 7) is 0.415. The maximum absolute atomic E-state index is 12.4. The fourth-order valence-corrected chi connectivity index (χ4v) is 4.34. The smallest absolute Gasteiger partial charge is 0.377 e. The van der Waals surface area contributed by atoms with Gasteiger partial charge in [0, 0.05) is 0 Å². The zero-order valence-corrected chi connectivity index (χ0v) is 15.2. The molecule has 144 valence electrons. The molecule has 7 heteroatoms. The molecule has 0 bridgehead atoms. The van der Waals surface area contributed by atoms with Crippen LogP contribution < -0.4 is 10.7 Å². The van der Waals surface area contributed by atoms with Crippen molar-refractivity contribution in [2.45, 2.75) is 37.9 Å². The molecule has 2 aliphatic rings. The van der Waals surface area contributed by atoms with Crippen molar-refractivity contribution < 1.29 is 19.5 Å². The van der Waals surface area contributed by atoms with Crippen LogP contribution in [0, 0.1) is 0 Å². The number of hydrogen-bond donors (Lipinski definition) is 2. The number of fused-ring (bicyclic) bond motifs is 3. The summed E-state index contributed by atoms with van der Waals surface area (Å²) >= 11 is 0. The van der Waals surface area contributed by atoms with E-state index in [0.717, 1.165) is 24.0 Å².